The summed E-state index contributed by atoms with van der Waals surface area (Å²) in [4.78, 5) is 15.3. The molecule has 3 heterocycles. The van der Waals surface area contributed by atoms with Crippen molar-refractivity contribution in [1.29, 1.82) is 0 Å². The van der Waals surface area contributed by atoms with Crippen molar-refractivity contribution in [1.82, 2.24) is 29.4 Å². The van der Waals surface area contributed by atoms with Crippen molar-refractivity contribution in [3.05, 3.63) is 58.9 Å². The number of amides is 1. The molecule has 0 radical (unpaired) electrons. The fourth-order valence-corrected chi connectivity index (χ4v) is 4.33. The molecule has 1 unspecified atom stereocenters. The maximum Gasteiger partial charge on any atom is 0.275 e. The first-order chi connectivity index (χ1) is 13.1. The van der Waals surface area contributed by atoms with Gasteiger partial charge in [-0.2, -0.15) is 5.10 Å². The number of fused-ring (bicyclic) bond motifs is 2. The Balaban J connectivity index is 1.53. The Kier molecular flexibility index (Phi) is 3.63. The van der Waals surface area contributed by atoms with Crippen LogP contribution in [0.1, 0.15) is 52.8 Å². The van der Waals surface area contributed by atoms with Crippen molar-refractivity contribution < 1.29 is 4.79 Å². The van der Waals surface area contributed by atoms with Crippen molar-refractivity contribution in [2.24, 2.45) is 0 Å². The largest absolute Gasteiger partial charge is 0.325 e. The van der Waals surface area contributed by atoms with E-state index in [1.807, 2.05) is 53.8 Å². The van der Waals surface area contributed by atoms with Gasteiger partial charge in [0.1, 0.15) is 5.82 Å². The Labute approximate surface area is 157 Å². The SMILES string of the molecule is Cc1nnc2n1CCN(C(=O)c1nn(-c3ccccc3)c3c1CCC3)C2C. The summed E-state index contributed by atoms with van der Waals surface area (Å²) in [6.07, 6.45) is 2.96. The molecule has 2 aliphatic rings. The molecule has 0 spiro atoms. The second-order valence-corrected chi connectivity index (χ2v) is 7.31. The van der Waals surface area contributed by atoms with E-state index in [1.54, 1.807) is 0 Å². The first-order valence-corrected chi connectivity index (χ1v) is 9.52. The minimum atomic E-state index is -0.105. The van der Waals surface area contributed by atoms with Gasteiger partial charge in [0.05, 0.1) is 11.7 Å². The minimum absolute atomic E-state index is 0.00207. The molecule has 1 aromatic carbocycles. The zero-order valence-electron chi connectivity index (χ0n) is 15.6. The number of benzene rings is 1. The second kappa shape index (κ2) is 6.04. The van der Waals surface area contributed by atoms with E-state index in [0.29, 0.717) is 12.2 Å². The van der Waals surface area contributed by atoms with Crippen molar-refractivity contribution in [3.8, 4) is 5.69 Å². The molecule has 7 heteroatoms. The summed E-state index contributed by atoms with van der Waals surface area (Å²) in [5, 5.41) is 13.2. The molecule has 0 bridgehead atoms. The minimum Gasteiger partial charge on any atom is -0.325 e. The smallest absolute Gasteiger partial charge is 0.275 e. The summed E-state index contributed by atoms with van der Waals surface area (Å²) in [5.41, 5.74) is 3.90. The standard InChI is InChI=1S/C20H22N6O/c1-13-19-22-21-14(2)25(19)12-11-24(13)20(27)18-16-9-6-10-17(16)26(23-18)15-7-4-3-5-8-15/h3-5,7-8,13H,6,9-12H2,1-2H3. The van der Waals surface area contributed by atoms with Crippen LogP contribution in [0.2, 0.25) is 0 Å². The van der Waals surface area contributed by atoms with Crippen LogP contribution in [0.25, 0.3) is 5.69 Å². The molecule has 1 aliphatic carbocycles. The van der Waals surface area contributed by atoms with Crippen molar-refractivity contribution >= 4 is 5.91 Å². The highest BCUT2D eigenvalue weighted by atomic mass is 16.2. The van der Waals surface area contributed by atoms with Gasteiger partial charge in [0.2, 0.25) is 0 Å². The zero-order chi connectivity index (χ0) is 18.5. The molecule has 1 atom stereocenters. The van der Waals surface area contributed by atoms with Crippen LogP contribution in [0.3, 0.4) is 0 Å². The third-order valence-electron chi connectivity index (χ3n) is 5.76. The number of carbonyl (C=O) groups is 1. The van der Waals surface area contributed by atoms with Crippen LogP contribution < -0.4 is 0 Å². The Morgan fingerprint density at radius 3 is 2.74 bits per heavy atom. The first kappa shape index (κ1) is 16.2. The summed E-state index contributed by atoms with van der Waals surface area (Å²) in [5.74, 6) is 1.76. The van der Waals surface area contributed by atoms with Gasteiger partial charge in [-0.05, 0) is 45.2 Å². The van der Waals surface area contributed by atoms with E-state index in [1.165, 1.54) is 5.69 Å². The van der Waals surface area contributed by atoms with Gasteiger partial charge in [0, 0.05) is 24.3 Å². The Bertz CT molecular complexity index is 1020. The van der Waals surface area contributed by atoms with E-state index in [4.69, 9.17) is 5.10 Å². The van der Waals surface area contributed by atoms with Crippen LogP contribution in [0.5, 0.6) is 0 Å². The lowest BCUT2D eigenvalue weighted by molar-refractivity contribution is 0.0629. The van der Waals surface area contributed by atoms with E-state index in [2.05, 4.69) is 14.8 Å². The number of hydrogen-bond acceptors (Lipinski definition) is 4. The van der Waals surface area contributed by atoms with Crippen LogP contribution in [-0.2, 0) is 19.4 Å². The normalized spacial score (nSPS) is 18.4. The molecule has 138 valence electrons. The van der Waals surface area contributed by atoms with Gasteiger partial charge in [-0.1, -0.05) is 18.2 Å². The third-order valence-corrected chi connectivity index (χ3v) is 5.76. The zero-order valence-corrected chi connectivity index (χ0v) is 15.6. The molecule has 0 N–H and O–H groups in total. The van der Waals surface area contributed by atoms with Crippen molar-refractivity contribution in [2.45, 2.75) is 45.7 Å². The van der Waals surface area contributed by atoms with Gasteiger partial charge in [-0.25, -0.2) is 4.68 Å². The van der Waals surface area contributed by atoms with Gasteiger partial charge < -0.3 is 9.47 Å². The second-order valence-electron chi connectivity index (χ2n) is 7.31. The highest BCUT2D eigenvalue weighted by Crippen LogP contribution is 2.31. The summed E-state index contributed by atoms with van der Waals surface area (Å²) >= 11 is 0. The fourth-order valence-electron chi connectivity index (χ4n) is 4.33. The van der Waals surface area contributed by atoms with Crippen molar-refractivity contribution in [3.63, 3.8) is 0 Å². The van der Waals surface area contributed by atoms with Crippen LogP contribution in [0.4, 0.5) is 0 Å². The lowest BCUT2D eigenvalue weighted by Crippen LogP contribution is -2.42. The highest BCUT2D eigenvalue weighted by Gasteiger charge is 2.35. The molecule has 1 amide bonds. The highest BCUT2D eigenvalue weighted by molar-refractivity contribution is 5.94. The van der Waals surface area contributed by atoms with Gasteiger partial charge >= 0.3 is 0 Å². The van der Waals surface area contributed by atoms with Crippen LogP contribution in [-0.4, -0.2) is 41.9 Å². The lowest BCUT2D eigenvalue weighted by Gasteiger charge is -2.33. The molecule has 0 saturated carbocycles. The maximum atomic E-state index is 13.4. The molecule has 0 saturated heterocycles. The number of aromatic nitrogens is 5. The quantitative estimate of drug-likeness (QED) is 0.702. The van der Waals surface area contributed by atoms with Crippen LogP contribution in [0.15, 0.2) is 30.3 Å². The number of hydrogen-bond donors (Lipinski definition) is 0. The number of nitrogens with zero attached hydrogens (tertiary/aromatic N) is 6. The third kappa shape index (κ3) is 2.41. The predicted octanol–water partition coefficient (Wildman–Crippen LogP) is 2.48. The van der Waals surface area contributed by atoms with Gasteiger partial charge in [-0.15, -0.1) is 10.2 Å². The Morgan fingerprint density at radius 2 is 1.93 bits per heavy atom. The molecule has 0 fully saturated rings. The average Bonchev–Trinajstić information content (AvgIpc) is 3.38. The molecule has 2 aromatic heterocycles. The van der Waals surface area contributed by atoms with E-state index in [0.717, 1.165) is 48.7 Å². The molecule has 27 heavy (non-hydrogen) atoms. The van der Waals surface area contributed by atoms with E-state index >= 15 is 0 Å². The molecule has 5 rings (SSSR count). The van der Waals surface area contributed by atoms with Crippen molar-refractivity contribution in [2.75, 3.05) is 6.54 Å². The fraction of sp³-hybridized carbons (Fsp3) is 0.400. The lowest BCUT2D eigenvalue weighted by atomic mass is 10.1. The summed E-state index contributed by atoms with van der Waals surface area (Å²) in [7, 11) is 0. The van der Waals surface area contributed by atoms with Gasteiger partial charge in [0.15, 0.2) is 11.5 Å². The van der Waals surface area contributed by atoms with Crippen LogP contribution >= 0.6 is 0 Å². The maximum absolute atomic E-state index is 13.4. The number of aryl methyl sites for hydroxylation is 1. The average molecular weight is 362 g/mol. The molecule has 1 aliphatic heterocycles. The van der Waals surface area contributed by atoms with Crippen LogP contribution in [0, 0.1) is 6.92 Å². The predicted molar refractivity (Wildman–Crippen MR) is 99.8 cm³/mol. The summed E-state index contributed by atoms with van der Waals surface area (Å²) in [6, 6.07) is 9.96. The van der Waals surface area contributed by atoms with E-state index in [9.17, 15) is 4.79 Å². The Hall–Kier alpha value is -2.96. The molecular weight excluding hydrogens is 340 g/mol. The topological polar surface area (TPSA) is 68.8 Å². The monoisotopic (exact) mass is 362 g/mol. The van der Waals surface area contributed by atoms with Gasteiger partial charge in [0.25, 0.3) is 5.91 Å². The Morgan fingerprint density at radius 1 is 1.11 bits per heavy atom. The number of carbonyl (C=O) groups excluding carboxylic acids is 1. The van der Waals surface area contributed by atoms with E-state index < -0.39 is 0 Å². The summed E-state index contributed by atoms with van der Waals surface area (Å²) < 4.78 is 4.05. The number of para-hydroxylation sites is 1. The molecule has 3 aromatic rings. The molecular formula is C20H22N6O. The number of rotatable bonds is 2. The van der Waals surface area contributed by atoms with Gasteiger partial charge in [-0.3, -0.25) is 4.79 Å². The molecule has 7 nitrogen and oxygen atoms in total. The summed E-state index contributed by atoms with van der Waals surface area (Å²) in [6.45, 7) is 5.35. The first-order valence-electron chi connectivity index (χ1n) is 9.52. The van der Waals surface area contributed by atoms with E-state index in [-0.39, 0.29) is 11.9 Å².